The number of halogens is 1. The van der Waals surface area contributed by atoms with E-state index in [9.17, 15) is 9.59 Å². The van der Waals surface area contributed by atoms with Crippen molar-refractivity contribution < 1.29 is 9.59 Å². The monoisotopic (exact) mass is 427 g/mol. The first kappa shape index (κ1) is 22.3. The summed E-state index contributed by atoms with van der Waals surface area (Å²) >= 11 is 6.25. The molecule has 2 amide bonds. The summed E-state index contributed by atoms with van der Waals surface area (Å²) in [4.78, 5) is 28.1. The van der Waals surface area contributed by atoms with Gasteiger partial charge in [0.25, 0.3) is 0 Å². The van der Waals surface area contributed by atoms with E-state index in [1.165, 1.54) is 0 Å². The summed E-state index contributed by atoms with van der Waals surface area (Å²) in [5, 5.41) is 3.69. The maximum absolute atomic E-state index is 12.3. The standard InChI is InChI=1S/C24H30ClN3O2/c1-19(29)28-16-6-15-27(17-18-28)14-5-4-9-24(30)26-21-12-10-20(11-13-21)22-7-2-3-8-23(22)25/h2-3,7-8,10-13H,4-6,9,14-18H2,1H3,(H,26,30). The Morgan fingerprint density at radius 3 is 2.47 bits per heavy atom. The molecule has 30 heavy (non-hydrogen) atoms. The number of amides is 2. The molecule has 2 aromatic carbocycles. The zero-order valence-corrected chi connectivity index (χ0v) is 18.3. The van der Waals surface area contributed by atoms with Crippen LogP contribution in [0.4, 0.5) is 5.69 Å². The molecule has 3 rings (SSSR count). The van der Waals surface area contributed by atoms with Crippen molar-refractivity contribution in [2.75, 3.05) is 38.0 Å². The lowest BCUT2D eigenvalue weighted by Crippen LogP contribution is -2.34. The smallest absolute Gasteiger partial charge is 0.224 e. The molecule has 0 spiro atoms. The van der Waals surface area contributed by atoms with Crippen LogP contribution in [0, 0.1) is 0 Å². The minimum absolute atomic E-state index is 0.0408. The fourth-order valence-electron chi connectivity index (χ4n) is 3.78. The summed E-state index contributed by atoms with van der Waals surface area (Å²) in [5.74, 6) is 0.201. The Bertz CT molecular complexity index is 854. The molecule has 1 N–H and O–H groups in total. The van der Waals surface area contributed by atoms with E-state index in [1.54, 1.807) is 6.92 Å². The Hall–Kier alpha value is -2.37. The molecule has 1 fully saturated rings. The number of unbranched alkanes of at least 4 members (excludes halogenated alkanes) is 1. The molecular formula is C24H30ClN3O2. The van der Waals surface area contributed by atoms with Gasteiger partial charge in [-0.2, -0.15) is 0 Å². The number of hydrogen-bond acceptors (Lipinski definition) is 3. The molecule has 0 aromatic heterocycles. The van der Waals surface area contributed by atoms with Crippen LogP contribution in [0.1, 0.15) is 32.6 Å². The molecule has 1 heterocycles. The number of anilines is 1. The van der Waals surface area contributed by atoms with Gasteiger partial charge in [0, 0.05) is 49.3 Å². The second-order valence-electron chi connectivity index (χ2n) is 7.76. The van der Waals surface area contributed by atoms with Crippen LogP contribution in [0.2, 0.25) is 5.02 Å². The first-order chi connectivity index (χ1) is 14.5. The van der Waals surface area contributed by atoms with Gasteiger partial charge in [-0.15, -0.1) is 0 Å². The van der Waals surface area contributed by atoms with Gasteiger partial charge in [-0.25, -0.2) is 0 Å². The second-order valence-corrected chi connectivity index (χ2v) is 8.17. The Morgan fingerprint density at radius 1 is 0.967 bits per heavy atom. The molecule has 0 atom stereocenters. The first-order valence-corrected chi connectivity index (χ1v) is 11.0. The van der Waals surface area contributed by atoms with E-state index in [0.717, 1.165) is 68.8 Å². The van der Waals surface area contributed by atoms with E-state index in [1.807, 2.05) is 53.4 Å². The van der Waals surface area contributed by atoms with Crippen molar-refractivity contribution in [3.05, 3.63) is 53.6 Å². The van der Waals surface area contributed by atoms with Gasteiger partial charge >= 0.3 is 0 Å². The maximum Gasteiger partial charge on any atom is 0.224 e. The highest BCUT2D eigenvalue weighted by Gasteiger charge is 2.16. The average molecular weight is 428 g/mol. The third-order valence-electron chi connectivity index (χ3n) is 5.52. The van der Waals surface area contributed by atoms with Crippen molar-refractivity contribution >= 4 is 29.1 Å². The Labute approximate surface area is 184 Å². The Kier molecular flexibility index (Phi) is 8.29. The molecule has 0 unspecified atom stereocenters. The number of nitrogens with one attached hydrogen (secondary N) is 1. The van der Waals surface area contributed by atoms with Crippen LogP contribution in [-0.2, 0) is 9.59 Å². The first-order valence-electron chi connectivity index (χ1n) is 10.7. The van der Waals surface area contributed by atoms with E-state index in [4.69, 9.17) is 11.6 Å². The van der Waals surface area contributed by atoms with Crippen molar-refractivity contribution in [2.24, 2.45) is 0 Å². The fourth-order valence-corrected chi connectivity index (χ4v) is 4.03. The highest BCUT2D eigenvalue weighted by molar-refractivity contribution is 6.33. The summed E-state index contributed by atoms with van der Waals surface area (Å²) < 4.78 is 0. The van der Waals surface area contributed by atoms with Gasteiger partial charge in [-0.05, 0) is 56.1 Å². The SMILES string of the molecule is CC(=O)N1CCCN(CCCCC(=O)Nc2ccc(-c3ccccc3Cl)cc2)CC1. The van der Waals surface area contributed by atoms with Crippen molar-refractivity contribution in [3.63, 3.8) is 0 Å². The zero-order chi connectivity index (χ0) is 21.3. The molecule has 0 saturated carbocycles. The minimum atomic E-state index is 0.0408. The topological polar surface area (TPSA) is 52.7 Å². The molecule has 0 bridgehead atoms. The Balaban J connectivity index is 1.38. The third kappa shape index (κ3) is 6.57. The number of hydrogen-bond donors (Lipinski definition) is 1. The molecular weight excluding hydrogens is 398 g/mol. The Morgan fingerprint density at radius 2 is 1.73 bits per heavy atom. The van der Waals surface area contributed by atoms with E-state index >= 15 is 0 Å². The highest BCUT2D eigenvalue weighted by atomic mass is 35.5. The third-order valence-corrected chi connectivity index (χ3v) is 5.85. The second kappa shape index (κ2) is 11.1. The van der Waals surface area contributed by atoms with E-state index < -0.39 is 0 Å². The summed E-state index contributed by atoms with van der Waals surface area (Å²) in [7, 11) is 0. The molecule has 0 radical (unpaired) electrons. The van der Waals surface area contributed by atoms with Gasteiger partial charge in [0.15, 0.2) is 0 Å². The molecule has 1 aliphatic heterocycles. The number of carbonyl (C=O) groups excluding carboxylic acids is 2. The lowest BCUT2D eigenvalue weighted by molar-refractivity contribution is -0.128. The van der Waals surface area contributed by atoms with Gasteiger partial charge in [0.1, 0.15) is 0 Å². The molecule has 160 valence electrons. The predicted octanol–water partition coefficient (Wildman–Crippen LogP) is 4.67. The van der Waals surface area contributed by atoms with E-state index in [0.29, 0.717) is 11.4 Å². The van der Waals surface area contributed by atoms with Crippen LogP contribution in [-0.4, -0.2) is 54.3 Å². The summed E-state index contributed by atoms with van der Waals surface area (Å²) in [5.41, 5.74) is 2.81. The van der Waals surface area contributed by atoms with Gasteiger partial charge in [0.2, 0.25) is 11.8 Å². The molecule has 1 saturated heterocycles. The highest BCUT2D eigenvalue weighted by Crippen LogP contribution is 2.28. The van der Waals surface area contributed by atoms with Crippen LogP contribution in [0.5, 0.6) is 0 Å². The fraction of sp³-hybridized carbons (Fsp3) is 0.417. The molecule has 0 aliphatic carbocycles. The molecule has 1 aliphatic rings. The van der Waals surface area contributed by atoms with Crippen LogP contribution in [0.3, 0.4) is 0 Å². The normalized spacial score (nSPS) is 14.9. The van der Waals surface area contributed by atoms with Crippen molar-refractivity contribution in [1.82, 2.24) is 9.80 Å². The van der Waals surface area contributed by atoms with Crippen molar-refractivity contribution in [2.45, 2.75) is 32.6 Å². The summed E-state index contributed by atoms with van der Waals surface area (Å²) in [6.07, 6.45) is 3.37. The molecule has 2 aromatic rings. The molecule has 6 heteroatoms. The number of nitrogens with zero attached hydrogens (tertiary/aromatic N) is 2. The lowest BCUT2D eigenvalue weighted by atomic mass is 10.1. The van der Waals surface area contributed by atoms with Crippen molar-refractivity contribution in [1.29, 1.82) is 0 Å². The van der Waals surface area contributed by atoms with Gasteiger partial charge < -0.3 is 15.1 Å². The van der Waals surface area contributed by atoms with Crippen molar-refractivity contribution in [3.8, 4) is 11.1 Å². The molecule has 5 nitrogen and oxygen atoms in total. The predicted molar refractivity (Wildman–Crippen MR) is 123 cm³/mol. The van der Waals surface area contributed by atoms with Crippen LogP contribution >= 0.6 is 11.6 Å². The van der Waals surface area contributed by atoms with E-state index in [2.05, 4.69) is 10.2 Å². The van der Waals surface area contributed by atoms with Gasteiger partial charge in [-0.1, -0.05) is 41.9 Å². The number of carbonyl (C=O) groups is 2. The van der Waals surface area contributed by atoms with Gasteiger partial charge in [-0.3, -0.25) is 9.59 Å². The van der Waals surface area contributed by atoms with Crippen LogP contribution in [0.25, 0.3) is 11.1 Å². The van der Waals surface area contributed by atoms with Crippen LogP contribution < -0.4 is 5.32 Å². The quantitative estimate of drug-likeness (QED) is 0.653. The van der Waals surface area contributed by atoms with Crippen LogP contribution in [0.15, 0.2) is 48.5 Å². The minimum Gasteiger partial charge on any atom is -0.342 e. The lowest BCUT2D eigenvalue weighted by Gasteiger charge is -2.20. The average Bonchev–Trinajstić information content (AvgIpc) is 2.98. The zero-order valence-electron chi connectivity index (χ0n) is 17.6. The summed E-state index contributed by atoms with van der Waals surface area (Å²) in [6.45, 7) is 6.21. The largest absolute Gasteiger partial charge is 0.342 e. The number of rotatable bonds is 7. The summed E-state index contributed by atoms with van der Waals surface area (Å²) in [6, 6.07) is 15.5. The van der Waals surface area contributed by atoms with Gasteiger partial charge in [0.05, 0.1) is 0 Å². The van der Waals surface area contributed by atoms with E-state index in [-0.39, 0.29) is 11.8 Å². The number of benzene rings is 2. The maximum atomic E-state index is 12.3.